The zero-order valence-electron chi connectivity index (χ0n) is 6.29. The van der Waals surface area contributed by atoms with Crippen molar-refractivity contribution in [1.82, 2.24) is 10.6 Å². The monoisotopic (exact) mass is 189 g/mol. The number of hydrogen-bond donors (Lipinski definition) is 2. The van der Waals surface area contributed by atoms with Crippen molar-refractivity contribution in [1.29, 1.82) is 0 Å². The predicted octanol–water partition coefficient (Wildman–Crippen LogP) is -0.524. The summed E-state index contributed by atoms with van der Waals surface area (Å²) in [5.41, 5.74) is 0. The minimum absolute atomic E-state index is 0.140. The molecule has 1 aliphatic heterocycles. The molecule has 0 aromatic heterocycles. The first kappa shape index (κ1) is 8.85. The summed E-state index contributed by atoms with van der Waals surface area (Å²) in [6.45, 7) is 0. The van der Waals surface area contributed by atoms with Crippen molar-refractivity contribution in [2.45, 2.75) is 0 Å². The summed E-state index contributed by atoms with van der Waals surface area (Å²) < 4.78 is 0. The summed E-state index contributed by atoms with van der Waals surface area (Å²) in [4.78, 5) is 25.4. The van der Waals surface area contributed by atoms with Gasteiger partial charge < -0.3 is 10.6 Å². The van der Waals surface area contributed by atoms with Crippen molar-refractivity contribution in [3.05, 3.63) is 0 Å². The fraction of sp³-hybridized carbons (Fsp3) is 0.400. The summed E-state index contributed by atoms with van der Waals surface area (Å²) >= 11 is 1.19. The fourth-order valence-corrected chi connectivity index (χ4v) is 1.12. The van der Waals surface area contributed by atoms with E-state index >= 15 is 0 Å². The highest BCUT2D eigenvalue weighted by Crippen LogP contribution is 2.08. The van der Waals surface area contributed by atoms with E-state index in [9.17, 15) is 9.59 Å². The Labute approximate surface area is 72.7 Å². The number of carbonyl (C=O) groups is 2. The van der Waals surface area contributed by atoms with Crippen LogP contribution in [0.3, 0.4) is 0 Å². The number of nitrogens with zero attached hydrogens (tertiary/aromatic N) is 1. The van der Waals surface area contributed by atoms with E-state index < -0.39 is 6.09 Å². The Bertz CT molecular complexity index is 240. The number of nitrogens with one attached hydrogen (secondary N) is 2. The smallest absolute Gasteiger partial charge is 0.323 e. The number of amides is 2. The molecule has 12 heavy (non-hydrogen) atoms. The van der Waals surface area contributed by atoms with Gasteiger partial charge in [0.1, 0.15) is 0 Å². The minimum atomic E-state index is -0.663. The standard InChI is InChI=1S/C5H7N3O3S/c1-6-5(10)11-8-4-7-3(9)2-12-4/h2H2,1H3,(H,6,10)(H,7,8,9). The second-order valence-corrected chi connectivity index (χ2v) is 2.83. The Morgan fingerprint density at radius 1 is 1.83 bits per heavy atom. The zero-order valence-corrected chi connectivity index (χ0v) is 7.10. The summed E-state index contributed by atoms with van der Waals surface area (Å²) in [6, 6.07) is 0. The highest BCUT2D eigenvalue weighted by atomic mass is 32.2. The Morgan fingerprint density at radius 2 is 2.58 bits per heavy atom. The number of oxime groups is 1. The number of carbonyl (C=O) groups excluding carboxylic acids is 2. The maximum Gasteiger partial charge on any atom is 0.433 e. The molecule has 1 fully saturated rings. The molecule has 7 heteroatoms. The van der Waals surface area contributed by atoms with Crippen LogP contribution in [0.15, 0.2) is 5.16 Å². The summed E-state index contributed by atoms with van der Waals surface area (Å²) in [5, 5.41) is 8.30. The van der Waals surface area contributed by atoms with E-state index in [2.05, 4.69) is 20.6 Å². The average molecular weight is 189 g/mol. The van der Waals surface area contributed by atoms with E-state index in [1.165, 1.54) is 18.8 Å². The normalized spacial score (nSPS) is 19.1. The summed E-state index contributed by atoms with van der Waals surface area (Å²) in [5.74, 6) is 0.176. The highest BCUT2D eigenvalue weighted by Gasteiger charge is 2.17. The van der Waals surface area contributed by atoms with Crippen LogP contribution in [0, 0.1) is 0 Å². The minimum Gasteiger partial charge on any atom is -0.323 e. The van der Waals surface area contributed by atoms with Gasteiger partial charge in [0, 0.05) is 7.05 Å². The van der Waals surface area contributed by atoms with Gasteiger partial charge in [0.2, 0.25) is 11.1 Å². The van der Waals surface area contributed by atoms with Gasteiger partial charge in [-0.25, -0.2) is 4.79 Å². The molecule has 0 saturated carbocycles. The molecule has 66 valence electrons. The predicted molar refractivity (Wildman–Crippen MR) is 43.6 cm³/mol. The third kappa shape index (κ3) is 2.42. The largest absolute Gasteiger partial charge is 0.433 e. The topological polar surface area (TPSA) is 79.8 Å². The SMILES string of the molecule is CNC(=O)ON=C1NC(=O)CS1. The van der Waals surface area contributed by atoms with Gasteiger partial charge in [-0.05, 0) is 5.16 Å². The first-order chi connectivity index (χ1) is 5.72. The molecule has 0 aromatic carbocycles. The van der Waals surface area contributed by atoms with Crippen molar-refractivity contribution >= 4 is 28.9 Å². The Kier molecular flexibility index (Phi) is 2.92. The van der Waals surface area contributed by atoms with Gasteiger partial charge in [-0.2, -0.15) is 0 Å². The summed E-state index contributed by atoms with van der Waals surface area (Å²) in [7, 11) is 1.42. The van der Waals surface area contributed by atoms with Crippen LogP contribution in [0.25, 0.3) is 0 Å². The molecule has 6 nitrogen and oxygen atoms in total. The van der Waals surface area contributed by atoms with Crippen LogP contribution in [0.1, 0.15) is 0 Å². The van der Waals surface area contributed by atoms with Gasteiger partial charge in [-0.1, -0.05) is 11.8 Å². The maximum atomic E-state index is 10.6. The third-order valence-corrected chi connectivity index (χ3v) is 1.86. The second-order valence-electron chi connectivity index (χ2n) is 1.86. The van der Waals surface area contributed by atoms with Crippen molar-refractivity contribution in [3.8, 4) is 0 Å². The molecular formula is C5H7N3O3S. The molecule has 1 heterocycles. The number of hydrogen-bond acceptors (Lipinski definition) is 5. The molecule has 2 amide bonds. The first-order valence-electron chi connectivity index (χ1n) is 3.11. The lowest BCUT2D eigenvalue weighted by molar-refractivity contribution is -0.116. The van der Waals surface area contributed by atoms with Crippen molar-refractivity contribution < 1.29 is 14.4 Å². The van der Waals surface area contributed by atoms with E-state index in [4.69, 9.17) is 0 Å². The second kappa shape index (κ2) is 3.96. The molecule has 1 aliphatic rings. The average Bonchev–Trinajstić information content (AvgIpc) is 2.47. The lowest BCUT2D eigenvalue weighted by atomic mass is 10.7. The molecule has 0 unspecified atom stereocenters. The van der Waals surface area contributed by atoms with Crippen LogP contribution < -0.4 is 10.6 Å². The molecule has 0 radical (unpaired) electrons. The molecule has 1 rings (SSSR count). The quantitative estimate of drug-likeness (QED) is 0.429. The Morgan fingerprint density at radius 3 is 3.08 bits per heavy atom. The molecule has 2 N–H and O–H groups in total. The van der Waals surface area contributed by atoms with E-state index in [1.807, 2.05) is 0 Å². The van der Waals surface area contributed by atoms with E-state index in [0.29, 0.717) is 10.9 Å². The van der Waals surface area contributed by atoms with Gasteiger partial charge in [0.05, 0.1) is 5.75 Å². The fourth-order valence-electron chi connectivity index (χ4n) is 0.503. The van der Waals surface area contributed by atoms with Crippen molar-refractivity contribution in [2.75, 3.05) is 12.8 Å². The summed E-state index contributed by atoms with van der Waals surface area (Å²) in [6.07, 6.45) is -0.663. The molecule has 1 saturated heterocycles. The van der Waals surface area contributed by atoms with E-state index in [0.717, 1.165) is 0 Å². The molecule has 0 aliphatic carbocycles. The van der Waals surface area contributed by atoms with Gasteiger partial charge in [-0.15, -0.1) is 0 Å². The Balaban J connectivity index is 2.37. The van der Waals surface area contributed by atoms with Crippen LogP contribution in [0.2, 0.25) is 0 Å². The van der Waals surface area contributed by atoms with Crippen LogP contribution >= 0.6 is 11.8 Å². The number of rotatable bonds is 1. The van der Waals surface area contributed by atoms with Crippen molar-refractivity contribution in [3.63, 3.8) is 0 Å². The number of thioether (sulfide) groups is 1. The maximum absolute atomic E-state index is 10.6. The van der Waals surface area contributed by atoms with Gasteiger partial charge in [0.25, 0.3) is 0 Å². The zero-order chi connectivity index (χ0) is 8.97. The van der Waals surface area contributed by atoms with E-state index in [1.54, 1.807) is 0 Å². The number of amidine groups is 1. The first-order valence-corrected chi connectivity index (χ1v) is 4.10. The molecule has 0 aromatic rings. The lowest BCUT2D eigenvalue weighted by Gasteiger charge is -1.95. The lowest BCUT2D eigenvalue weighted by Crippen LogP contribution is -2.22. The third-order valence-electron chi connectivity index (χ3n) is 1.00. The highest BCUT2D eigenvalue weighted by molar-refractivity contribution is 8.15. The van der Waals surface area contributed by atoms with Gasteiger partial charge in [0.15, 0.2) is 0 Å². The van der Waals surface area contributed by atoms with Crippen LogP contribution in [0.4, 0.5) is 4.79 Å². The van der Waals surface area contributed by atoms with E-state index in [-0.39, 0.29) is 5.91 Å². The molecular weight excluding hydrogens is 182 g/mol. The molecule has 0 spiro atoms. The Hall–Kier alpha value is -1.24. The van der Waals surface area contributed by atoms with Crippen LogP contribution in [-0.4, -0.2) is 30.0 Å². The van der Waals surface area contributed by atoms with Gasteiger partial charge >= 0.3 is 6.09 Å². The van der Waals surface area contributed by atoms with Crippen molar-refractivity contribution in [2.24, 2.45) is 5.16 Å². The van der Waals surface area contributed by atoms with Gasteiger partial charge in [-0.3, -0.25) is 9.63 Å². The van der Waals surface area contributed by atoms with Crippen LogP contribution in [-0.2, 0) is 9.63 Å². The van der Waals surface area contributed by atoms with Crippen LogP contribution in [0.5, 0.6) is 0 Å². The molecule has 0 atom stereocenters. The molecule has 0 bridgehead atoms.